The summed E-state index contributed by atoms with van der Waals surface area (Å²) in [6.07, 6.45) is 2.94. The molecule has 27 heavy (non-hydrogen) atoms. The molecule has 0 saturated carbocycles. The van der Waals surface area contributed by atoms with Gasteiger partial charge >= 0.3 is 6.09 Å². The highest BCUT2D eigenvalue weighted by molar-refractivity contribution is 6.18. The summed E-state index contributed by atoms with van der Waals surface area (Å²) in [6.45, 7) is 10.0. The average molecular weight is 396 g/mol. The molecule has 0 spiro atoms. The van der Waals surface area contributed by atoms with Gasteiger partial charge in [0.2, 0.25) is 0 Å². The van der Waals surface area contributed by atoms with Crippen LogP contribution in [0.3, 0.4) is 0 Å². The molecule has 1 saturated heterocycles. The molecule has 1 aromatic carbocycles. The first-order valence-electron chi connectivity index (χ1n) is 9.18. The van der Waals surface area contributed by atoms with E-state index < -0.39 is 17.4 Å². The van der Waals surface area contributed by atoms with E-state index >= 15 is 0 Å². The Hall–Kier alpha value is -1.56. The van der Waals surface area contributed by atoms with E-state index in [2.05, 4.69) is 0 Å². The van der Waals surface area contributed by atoms with Crippen molar-refractivity contribution in [2.45, 2.75) is 64.7 Å². The fraction of sp³-hybridized carbons (Fsp3) is 0.571. The number of hydrogen-bond acceptors (Lipinski definition) is 4. The van der Waals surface area contributed by atoms with E-state index in [9.17, 15) is 4.79 Å². The minimum atomic E-state index is -0.782. The smallest absolute Gasteiger partial charge is 0.413 e. The van der Waals surface area contributed by atoms with Crippen LogP contribution in [0.25, 0.3) is 0 Å². The van der Waals surface area contributed by atoms with Crippen LogP contribution in [-0.4, -0.2) is 47.0 Å². The largest absolute Gasteiger partial charge is 0.444 e. The normalized spacial score (nSPS) is 20.8. The van der Waals surface area contributed by atoms with Crippen molar-refractivity contribution in [1.29, 1.82) is 0 Å². The zero-order valence-corrected chi connectivity index (χ0v) is 17.5. The molecule has 2 rings (SSSR count). The summed E-state index contributed by atoms with van der Waals surface area (Å²) in [5, 5.41) is 0. The molecule has 1 aromatic rings. The van der Waals surface area contributed by atoms with Gasteiger partial charge in [-0.25, -0.2) is 4.79 Å². The minimum Gasteiger partial charge on any atom is -0.444 e. The first kappa shape index (κ1) is 21.7. The highest BCUT2D eigenvalue weighted by Gasteiger charge is 2.48. The number of benzene rings is 1. The van der Waals surface area contributed by atoms with Crippen molar-refractivity contribution in [3.63, 3.8) is 0 Å². The van der Waals surface area contributed by atoms with Crippen LogP contribution in [0.2, 0.25) is 0 Å². The fourth-order valence-electron chi connectivity index (χ4n) is 2.99. The third-order valence-electron chi connectivity index (χ3n) is 4.19. The first-order valence-corrected chi connectivity index (χ1v) is 9.72. The van der Waals surface area contributed by atoms with Crippen LogP contribution in [0, 0.1) is 0 Å². The second-order valence-electron chi connectivity index (χ2n) is 8.02. The summed E-state index contributed by atoms with van der Waals surface area (Å²) in [5.74, 6) is 0.370. The summed E-state index contributed by atoms with van der Waals surface area (Å²) in [5.41, 5.74) is -0.313. The first-order chi connectivity index (χ1) is 12.6. The third kappa shape index (κ3) is 6.23. The Morgan fingerprint density at radius 2 is 2.04 bits per heavy atom. The summed E-state index contributed by atoms with van der Waals surface area (Å²) in [7, 11) is 0. The Labute approximate surface area is 167 Å². The van der Waals surface area contributed by atoms with Crippen LogP contribution in [0.5, 0.6) is 0 Å². The van der Waals surface area contributed by atoms with E-state index in [0.29, 0.717) is 19.1 Å². The molecule has 1 aliphatic rings. The van der Waals surface area contributed by atoms with E-state index in [1.54, 1.807) is 4.90 Å². The van der Waals surface area contributed by atoms with E-state index in [4.69, 9.17) is 25.8 Å². The lowest BCUT2D eigenvalue weighted by Crippen LogP contribution is -2.53. The van der Waals surface area contributed by atoms with Gasteiger partial charge in [0.25, 0.3) is 0 Å². The van der Waals surface area contributed by atoms with Gasteiger partial charge in [0.05, 0.1) is 25.4 Å². The molecule has 6 heteroatoms. The molecule has 0 aromatic heterocycles. The summed E-state index contributed by atoms with van der Waals surface area (Å²) in [6, 6.07) is 9.60. The predicted molar refractivity (Wildman–Crippen MR) is 107 cm³/mol. The molecule has 2 atom stereocenters. The number of hydrogen-bond donors (Lipinski definition) is 0. The van der Waals surface area contributed by atoms with Crippen molar-refractivity contribution < 1.29 is 19.0 Å². The Balaban J connectivity index is 2.20. The number of rotatable bonds is 6. The number of alkyl halides is 1. The summed E-state index contributed by atoms with van der Waals surface area (Å²) in [4.78, 5) is 14.5. The third-order valence-corrected chi connectivity index (χ3v) is 4.37. The van der Waals surface area contributed by atoms with Crippen molar-refractivity contribution in [3.8, 4) is 0 Å². The lowest BCUT2D eigenvalue weighted by molar-refractivity contribution is -0.0698. The molecule has 1 aliphatic heterocycles. The van der Waals surface area contributed by atoms with Crippen molar-refractivity contribution in [1.82, 2.24) is 4.90 Å². The second kappa shape index (κ2) is 9.09. The molecule has 150 valence electrons. The Morgan fingerprint density at radius 1 is 1.37 bits per heavy atom. The molecule has 0 bridgehead atoms. The van der Waals surface area contributed by atoms with Crippen LogP contribution < -0.4 is 0 Å². The molecule has 0 aliphatic carbocycles. The van der Waals surface area contributed by atoms with Gasteiger partial charge in [-0.1, -0.05) is 42.5 Å². The maximum atomic E-state index is 12.9. The van der Waals surface area contributed by atoms with Crippen LogP contribution in [0.15, 0.2) is 42.5 Å². The molecule has 1 heterocycles. The zero-order chi connectivity index (χ0) is 20.1. The SMILES string of the molecule is CC(C)(C)OC(=O)N1[C@H]([C@@H](/C=C/CCl)OCc2ccccc2)COC1(C)C. The molecule has 0 N–H and O–H groups in total. The number of allylic oxidation sites excluding steroid dienone is 1. The Kier molecular flexibility index (Phi) is 7.32. The highest BCUT2D eigenvalue weighted by Crippen LogP contribution is 2.32. The Bertz CT molecular complexity index is 639. The van der Waals surface area contributed by atoms with Crippen molar-refractivity contribution in [2.24, 2.45) is 0 Å². The molecular formula is C21H30ClNO4. The van der Waals surface area contributed by atoms with E-state index in [1.807, 2.05) is 77.1 Å². The van der Waals surface area contributed by atoms with Crippen LogP contribution in [0.4, 0.5) is 4.79 Å². The quantitative estimate of drug-likeness (QED) is 0.515. The van der Waals surface area contributed by atoms with Gasteiger partial charge in [0, 0.05) is 5.88 Å². The molecule has 1 amide bonds. The van der Waals surface area contributed by atoms with E-state index in [1.165, 1.54) is 0 Å². The second-order valence-corrected chi connectivity index (χ2v) is 8.33. The lowest BCUT2D eigenvalue weighted by atomic mass is 10.1. The number of halogens is 1. The Morgan fingerprint density at radius 3 is 2.63 bits per heavy atom. The van der Waals surface area contributed by atoms with Gasteiger partial charge in [0.1, 0.15) is 11.3 Å². The van der Waals surface area contributed by atoms with Gasteiger partial charge in [-0.05, 0) is 40.2 Å². The lowest BCUT2D eigenvalue weighted by Gasteiger charge is -2.37. The molecular weight excluding hydrogens is 366 g/mol. The fourth-order valence-corrected chi connectivity index (χ4v) is 3.09. The number of carbonyl (C=O) groups excluding carboxylic acids is 1. The monoisotopic (exact) mass is 395 g/mol. The van der Waals surface area contributed by atoms with Crippen LogP contribution in [-0.2, 0) is 20.8 Å². The van der Waals surface area contributed by atoms with Gasteiger partial charge < -0.3 is 14.2 Å². The number of ether oxygens (including phenoxy) is 3. The molecule has 0 unspecified atom stereocenters. The van der Waals surface area contributed by atoms with Gasteiger partial charge in [-0.15, -0.1) is 11.6 Å². The summed E-state index contributed by atoms with van der Waals surface area (Å²) < 4.78 is 17.6. The van der Waals surface area contributed by atoms with Crippen LogP contribution >= 0.6 is 11.6 Å². The predicted octanol–water partition coefficient (Wildman–Crippen LogP) is 4.74. The molecule has 1 fully saturated rings. The zero-order valence-electron chi connectivity index (χ0n) is 16.8. The minimum absolute atomic E-state index is 0.307. The summed E-state index contributed by atoms with van der Waals surface area (Å²) >= 11 is 5.83. The highest BCUT2D eigenvalue weighted by atomic mass is 35.5. The molecule has 5 nitrogen and oxygen atoms in total. The number of amides is 1. The van der Waals surface area contributed by atoms with Gasteiger partial charge in [-0.2, -0.15) is 0 Å². The van der Waals surface area contributed by atoms with Crippen molar-refractivity contribution in [3.05, 3.63) is 48.0 Å². The van der Waals surface area contributed by atoms with Crippen LogP contribution in [0.1, 0.15) is 40.2 Å². The van der Waals surface area contributed by atoms with Gasteiger partial charge in [0.15, 0.2) is 0 Å². The maximum absolute atomic E-state index is 12.9. The van der Waals surface area contributed by atoms with Crippen molar-refractivity contribution >= 4 is 17.7 Å². The number of carbonyl (C=O) groups is 1. The van der Waals surface area contributed by atoms with E-state index in [-0.39, 0.29) is 12.1 Å². The number of nitrogens with zero attached hydrogens (tertiary/aromatic N) is 1. The van der Waals surface area contributed by atoms with Gasteiger partial charge in [-0.3, -0.25) is 4.90 Å². The maximum Gasteiger partial charge on any atom is 0.413 e. The molecule has 0 radical (unpaired) electrons. The standard InChI is InChI=1S/C21H30ClNO4/c1-20(2,3)27-19(24)23-17(15-26-21(23,4)5)18(12-9-13-22)25-14-16-10-7-6-8-11-16/h6-12,17-18H,13-15H2,1-5H3/b12-9+/t17-,18+/m0/s1. The average Bonchev–Trinajstić information content (AvgIpc) is 2.89. The topological polar surface area (TPSA) is 48.0 Å². The van der Waals surface area contributed by atoms with Crippen molar-refractivity contribution in [2.75, 3.05) is 12.5 Å². The van der Waals surface area contributed by atoms with E-state index in [0.717, 1.165) is 5.56 Å².